The van der Waals surface area contributed by atoms with Gasteiger partial charge in [-0.25, -0.2) is 4.79 Å². The Morgan fingerprint density at radius 3 is 2.33 bits per heavy atom. The van der Waals surface area contributed by atoms with Crippen LogP contribution in [0.3, 0.4) is 0 Å². The quantitative estimate of drug-likeness (QED) is 0.362. The fraction of sp³-hybridized carbons (Fsp3) is 0.500. The topological polar surface area (TPSA) is 59.4 Å². The highest BCUT2D eigenvalue weighted by Crippen LogP contribution is 2.14. The van der Waals surface area contributed by atoms with Crippen LogP contribution < -0.4 is 0 Å². The number of carbonyl (C=O) groups is 1. The number of hydrogen-bond donors (Lipinski definition) is 1. The van der Waals surface area contributed by atoms with Crippen molar-refractivity contribution in [3.63, 3.8) is 0 Å². The van der Waals surface area contributed by atoms with E-state index in [0.717, 1.165) is 0 Å². The molecule has 0 spiro atoms. The summed E-state index contributed by atoms with van der Waals surface area (Å²) in [5, 5.41) is 6.86. The zero-order valence-electron chi connectivity index (χ0n) is 5.22. The molecule has 1 N–H and O–H groups in total. The average molecular weight is 149 g/mol. The van der Waals surface area contributed by atoms with Crippen molar-refractivity contribution in [3.8, 4) is 0 Å². The second kappa shape index (κ2) is 4.27. The van der Waals surface area contributed by atoms with Gasteiger partial charge in [-0.15, -0.1) is 0 Å². The van der Waals surface area contributed by atoms with Crippen molar-refractivity contribution in [2.45, 2.75) is 0 Å². The molecule has 0 aromatic rings. The van der Waals surface area contributed by atoms with Gasteiger partial charge >= 0.3 is 5.71 Å². The summed E-state index contributed by atoms with van der Waals surface area (Å²) < 4.78 is 8.69. The van der Waals surface area contributed by atoms with Crippen molar-refractivity contribution in [2.24, 2.45) is 0 Å². The van der Waals surface area contributed by atoms with Gasteiger partial charge in [-0.05, 0) is 0 Å². The summed E-state index contributed by atoms with van der Waals surface area (Å²) in [6.45, 7) is 0. The van der Waals surface area contributed by atoms with E-state index in [1.807, 2.05) is 0 Å². The Morgan fingerprint density at radius 1 is 1.44 bits per heavy atom. The normalized spacial score (nSPS) is 9.56. The molecule has 0 bridgehead atoms. The highest BCUT2D eigenvalue weighted by molar-refractivity contribution is 7.73. The fourth-order valence-corrected chi connectivity index (χ4v) is 0.584. The fourth-order valence-electron chi connectivity index (χ4n) is 0.195. The van der Waals surface area contributed by atoms with E-state index < -0.39 is 5.71 Å². The molecule has 0 saturated heterocycles. The third-order valence-corrected chi connectivity index (χ3v) is 1.44. The van der Waals surface area contributed by atoms with Gasteiger partial charge in [-0.3, -0.25) is 5.41 Å². The summed E-state index contributed by atoms with van der Waals surface area (Å²) in [4.78, 5) is 10.4. The van der Waals surface area contributed by atoms with E-state index in [-0.39, 0.29) is 14.2 Å². The molecule has 0 saturated carbocycles. The monoisotopic (exact) mass is 149 g/mol. The lowest BCUT2D eigenvalue weighted by Gasteiger charge is -1.98. The molecule has 0 radical (unpaired) electrons. The van der Waals surface area contributed by atoms with Crippen molar-refractivity contribution in [1.29, 1.82) is 5.41 Å². The average Bonchev–Trinajstić information content (AvgIpc) is 1.87. The largest absolute Gasteiger partial charge is 0.481 e. The second-order valence-corrected chi connectivity index (χ2v) is 2.26. The molecule has 0 amide bonds. The molecular formula is C4H8NO3P. The zero-order valence-corrected chi connectivity index (χ0v) is 6.22. The molecule has 9 heavy (non-hydrogen) atoms. The van der Waals surface area contributed by atoms with Gasteiger partial charge in [0.05, 0.1) is 22.8 Å². The van der Waals surface area contributed by atoms with E-state index >= 15 is 0 Å². The van der Waals surface area contributed by atoms with Crippen molar-refractivity contribution < 1.29 is 14.3 Å². The predicted octanol–water partition coefficient (Wildman–Crippen LogP) is 1.01. The van der Waals surface area contributed by atoms with Gasteiger partial charge in [0.2, 0.25) is 5.64 Å². The number of nitrogens with one attached hydrogen (secondary N) is 1. The van der Waals surface area contributed by atoms with E-state index in [4.69, 9.17) is 5.41 Å². The molecule has 52 valence electrons. The van der Waals surface area contributed by atoms with Gasteiger partial charge in [0, 0.05) is 0 Å². The first-order chi connectivity index (χ1) is 4.20. The second-order valence-electron chi connectivity index (χ2n) is 1.15. The molecule has 0 fully saturated rings. The van der Waals surface area contributed by atoms with Crippen LogP contribution in [0.4, 0.5) is 4.79 Å². The molecule has 0 aromatic carbocycles. The van der Waals surface area contributed by atoms with Gasteiger partial charge in [0.1, 0.15) is 0 Å². The maximum Gasteiger partial charge on any atom is 0.332 e. The summed E-state index contributed by atoms with van der Waals surface area (Å²) in [5.41, 5.74) is -0.483. The number of rotatable bonds is 2. The molecule has 4 nitrogen and oxygen atoms in total. The van der Waals surface area contributed by atoms with Crippen molar-refractivity contribution in [3.05, 3.63) is 0 Å². The summed E-state index contributed by atoms with van der Waals surface area (Å²) in [5.74, 6) is 0. The molecule has 0 aliphatic rings. The minimum absolute atomic E-state index is 0.0538. The Hall–Kier alpha value is -0.630. The van der Waals surface area contributed by atoms with E-state index in [1.54, 1.807) is 0 Å². The molecule has 0 heterocycles. The van der Waals surface area contributed by atoms with Crippen LogP contribution in [0.15, 0.2) is 0 Å². The number of hydrogen-bond acceptors (Lipinski definition) is 4. The van der Waals surface area contributed by atoms with E-state index in [1.165, 1.54) is 14.2 Å². The molecule has 0 aromatic heterocycles. The van der Waals surface area contributed by atoms with Crippen LogP contribution in [0.5, 0.6) is 0 Å². The summed E-state index contributed by atoms with van der Waals surface area (Å²) in [6.07, 6.45) is 0. The number of methoxy groups -OCH3 is 2. The predicted molar refractivity (Wildman–Crippen MR) is 35.5 cm³/mol. The Balaban J connectivity index is 3.47. The zero-order chi connectivity index (χ0) is 7.28. The molecule has 1 atom stereocenters. The Kier molecular flexibility index (Phi) is 3.97. The highest BCUT2D eigenvalue weighted by atomic mass is 31.1. The van der Waals surface area contributed by atoms with Crippen molar-refractivity contribution in [1.82, 2.24) is 0 Å². The maximum atomic E-state index is 10.4. The molecule has 1 unspecified atom stereocenters. The van der Waals surface area contributed by atoms with Crippen LogP contribution in [0, 0.1) is 5.41 Å². The summed E-state index contributed by atoms with van der Waals surface area (Å²) >= 11 is 0. The smallest absolute Gasteiger partial charge is 0.332 e. The highest BCUT2D eigenvalue weighted by Gasteiger charge is 2.03. The van der Waals surface area contributed by atoms with Gasteiger partial charge in [-0.2, -0.15) is 0 Å². The number of ether oxygens (including phenoxy) is 2. The lowest BCUT2D eigenvalue weighted by Crippen LogP contribution is -1.96. The van der Waals surface area contributed by atoms with Crippen LogP contribution in [-0.2, 0) is 9.47 Å². The van der Waals surface area contributed by atoms with Gasteiger partial charge in [-0.1, -0.05) is 0 Å². The first kappa shape index (κ1) is 8.37. The standard InChI is InChI=1S/C4H8NO3P/c1-7-3(5)9-4(6)8-2/h5,9H,1-2H3. The van der Waals surface area contributed by atoms with Crippen molar-refractivity contribution in [2.75, 3.05) is 14.2 Å². The minimum atomic E-state index is -0.429. The molecule has 0 aliphatic carbocycles. The Labute approximate surface area is 54.8 Å². The van der Waals surface area contributed by atoms with Gasteiger partial charge < -0.3 is 9.47 Å². The molecule has 5 heteroatoms. The van der Waals surface area contributed by atoms with Gasteiger partial charge in [0.25, 0.3) is 0 Å². The Bertz CT molecular complexity index is 111. The SMILES string of the molecule is COC(=N)PC(=O)OC. The van der Waals surface area contributed by atoms with Crippen LogP contribution in [0.2, 0.25) is 0 Å². The minimum Gasteiger partial charge on any atom is -0.481 e. The molecule has 0 aliphatic heterocycles. The van der Waals surface area contributed by atoms with E-state index in [0.29, 0.717) is 0 Å². The lowest BCUT2D eigenvalue weighted by molar-refractivity contribution is 0.199. The third kappa shape index (κ3) is 3.91. The Morgan fingerprint density at radius 2 is 2.00 bits per heavy atom. The van der Waals surface area contributed by atoms with Crippen LogP contribution in [0.1, 0.15) is 0 Å². The summed E-state index contributed by atoms with van der Waals surface area (Å²) in [6, 6.07) is 0. The first-order valence-electron chi connectivity index (χ1n) is 2.18. The van der Waals surface area contributed by atoms with E-state index in [9.17, 15) is 4.79 Å². The van der Waals surface area contributed by atoms with Crippen LogP contribution in [-0.4, -0.2) is 25.6 Å². The third-order valence-electron chi connectivity index (χ3n) is 0.605. The van der Waals surface area contributed by atoms with Crippen LogP contribution in [0.25, 0.3) is 0 Å². The molecule has 0 rings (SSSR count). The first-order valence-corrected chi connectivity index (χ1v) is 3.18. The maximum absolute atomic E-state index is 10.4. The van der Waals surface area contributed by atoms with Gasteiger partial charge in [0.15, 0.2) is 0 Å². The van der Waals surface area contributed by atoms with Crippen molar-refractivity contribution >= 4 is 19.9 Å². The van der Waals surface area contributed by atoms with Crippen LogP contribution >= 0.6 is 8.58 Å². The summed E-state index contributed by atoms with van der Waals surface area (Å²) in [7, 11) is 2.30. The molecular weight excluding hydrogens is 141 g/mol. The number of carbonyl (C=O) groups excluding carboxylic acids is 1. The van der Waals surface area contributed by atoms with E-state index in [2.05, 4.69) is 9.47 Å². The lowest BCUT2D eigenvalue weighted by atomic mass is 11.4.